The van der Waals surface area contributed by atoms with E-state index < -0.39 is 23.2 Å². The molecule has 0 saturated heterocycles. The quantitative estimate of drug-likeness (QED) is 0.491. The molecule has 3 N–H and O–H groups in total. The lowest BCUT2D eigenvalue weighted by atomic mass is 9.99. The van der Waals surface area contributed by atoms with Gasteiger partial charge in [-0.2, -0.15) is 0 Å². The highest BCUT2D eigenvalue weighted by Gasteiger charge is 2.25. The van der Waals surface area contributed by atoms with Crippen LogP contribution in [0.5, 0.6) is 11.5 Å². The second kappa shape index (κ2) is 8.92. The molecule has 0 aliphatic heterocycles. The maximum absolute atomic E-state index is 12.5. The number of ether oxygens (including phenoxy) is 1. The number of aromatic hydroxyl groups is 1. The van der Waals surface area contributed by atoms with Crippen LogP contribution in [0.4, 0.5) is 4.79 Å². The number of carbonyl (C=O) groups is 1. The summed E-state index contributed by atoms with van der Waals surface area (Å²) < 4.78 is 6.75. The van der Waals surface area contributed by atoms with Gasteiger partial charge in [-0.3, -0.25) is 9.69 Å². The number of aromatic nitrogens is 2. The van der Waals surface area contributed by atoms with Crippen LogP contribution >= 0.6 is 0 Å². The Morgan fingerprint density at radius 1 is 1.18 bits per heavy atom. The van der Waals surface area contributed by atoms with Crippen molar-refractivity contribution in [2.45, 2.75) is 25.8 Å². The summed E-state index contributed by atoms with van der Waals surface area (Å²) in [6.07, 6.45) is 0.391. The van der Waals surface area contributed by atoms with Gasteiger partial charge in [0.25, 0.3) is 5.56 Å². The molecule has 9 nitrogen and oxygen atoms in total. The number of rotatable bonds is 6. The van der Waals surface area contributed by atoms with Crippen molar-refractivity contribution in [2.24, 2.45) is 7.05 Å². The molecule has 1 aliphatic rings. The number of pyridine rings is 1. The number of H-pyrrole nitrogens is 1. The lowest BCUT2D eigenvalue weighted by Gasteiger charge is -2.19. The van der Waals surface area contributed by atoms with Crippen molar-refractivity contribution in [3.8, 4) is 22.8 Å². The van der Waals surface area contributed by atoms with Gasteiger partial charge in [-0.15, -0.1) is 0 Å². The Bertz CT molecular complexity index is 1270. The minimum absolute atomic E-state index is 0.402. The molecule has 3 aromatic rings. The van der Waals surface area contributed by atoms with Crippen molar-refractivity contribution in [1.82, 2.24) is 19.4 Å². The van der Waals surface area contributed by atoms with E-state index in [9.17, 15) is 14.7 Å². The molecule has 4 rings (SSSR count). The standard InChI is InChI=1S/C24H30N4O5/c1-26(2)8-9-27(3)13-16-10-15-11-18-14(12-19(15)28(16)4)6-5-7-17-20(18)25-23(30)22(21(17)29)33-24(31)32/h10-12H,5-9,13H2,1-4H3,(H,31,32)(H2,25,29,30). The van der Waals surface area contributed by atoms with Crippen LogP contribution in [0.3, 0.4) is 0 Å². The Balaban J connectivity index is 1.77. The third-order valence-corrected chi connectivity index (χ3v) is 6.31. The van der Waals surface area contributed by atoms with E-state index in [2.05, 4.69) is 64.4 Å². The summed E-state index contributed by atoms with van der Waals surface area (Å²) in [5, 5.41) is 20.6. The molecular weight excluding hydrogens is 424 g/mol. The van der Waals surface area contributed by atoms with Gasteiger partial charge in [-0.1, -0.05) is 0 Å². The number of hydrogen-bond donors (Lipinski definition) is 3. The fourth-order valence-corrected chi connectivity index (χ4v) is 4.52. The van der Waals surface area contributed by atoms with Gasteiger partial charge in [0.1, 0.15) is 0 Å². The molecule has 0 spiro atoms. The average Bonchev–Trinajstić information content (AvgIpc) is 2.93. The maximum atomic E-state index is 12.5. The smallest absolute Gasteiger partial charge is 0.504 e. The summed E-state index contributed by atoms with van der Waals surface area (Å²) in [5.74, 6) is -0.978. The summed E-state index contributed by atoms with van der Waals surface area (Å²) in [7, 11) is 8.30. The van der Waals surface area contributed by atoms with Crippen molar-refractivity contribution in [1.29, 1.82) is 0 Å². The zero-order chi connectivity index (χ0) is 23.9. The van der Waals surface area contributed by atoms with Gasteiger partial charge >= 0.3 is 6.16 Å². The monoisotopic (exact) mass is 454 g/mol. The molecule has 0 radical (unpaired) electrons. The van der Waals surface area contributed by atoms with E-state index in [4.69, 9.17) is 5.11 Å². The summed E-state index contributed by atoms with van der Waals surface area (Å²) in [6.45, 7) is 2.75. The van der Waals surface area contributed by atoms with Crippen molar-refractivity contribution >= 4 is 17.1 Å². The summed E-state index contributed by atoms with van der Waals surface area (Å²) in [4.78, 5) is 30.7. The summed E-state index contributed by atoms with van der Waals surface area (Å²) in [5.41, 5.74) is 4.50. The molecule has 0 bridgehead atoms. The third kappa shape index (κ3) is 4.46. The Labute approximate surface area is 191 Å². The van der Waals surface area contributed by atoms with Gasteiger partial charge in [-0.25, -0.2) is 4.79 Å². The highest BCUT2D eigenvalue weighted by Crippen LogP contribution is 2.40. The van der Waals surface area contributed by atoms with Crippen LogP contribution in [0.25, 0.3) is 22.2 Å². The van der Waals surface area contributed by atoms with Gasteiger partial charge in [0.15, 0.2) is 5.75 Å². The Morgan fingerprint density at radius 2 is 1.94 bits per heavy atom. The second-order valence-corrected chi connectivity index (χ2v) is 9.01. The average molecular weight is 455 g/mol. The predicted molar refractivity (Wildman–Crippen MR) is 126 cm³/mol. The number of carboxylic acid groups (broad SMARTS) is 1. The van der Waals surface area contributed by atoms with Crippen molar-refractivity contribution in [3.63, 3.8) is 0 Å². The normalized spacial score (nSPS) is 13.3. The van der Waals surface area contributed by atoms with Crippen molar-refractivity contribution in [3.05, 3.63) is 45.4 Å². The molecule has 2 aromatic heterocycles. The van der Waals surface area contributed by atoms with Crippen LogP contribution in [0, 0.1) is 0 Å². The number of nitrogens with zero attached hydrogens (tertiary/aromatic N) is 3. The number of hydrogen-bond acceptors (Lipinski definition) is 6. The fourth-order valence-electron chi connectivity index (χ4n) is 4.52. The van der Waals surface area contributed by atoms with E-state index in [0.717, 1.165) is 54.5 Å². The largest absolute Gasteiger partial charge is 0.511 e. The first-order chi connectivity index (χ1) is 15.7. The second-order valence-electron chi connectivity index (χ2n) is 9.01. The highest BCUT2D eigenvalue weighted by molar-refractivity contribution is 5.89. The number of likely N-dealkylation sites (N-methyl/N-ethyl adjacent to an activating group) is 2. The molecular formula is C24H30N4O5. The first kappa shape index (κ1) is 22.9. The Kier molecular flexibility index (Phi) is 6.18. The number of fused-ring (bicyclic) bond motifs is 4. The molecule has 0 unspecified atom stereocenters. The molecule has 1 aromatic carbocycles. The fraction of sp³-hybridized carbons (Fsp3) is 0.417. The highest BCUT2D eigenvalue weighted by atomic mass is 16.7. The molecule has 1 aliphatic carbocycles. The minimum atomic E-state index is -1.64. The Morgan fingerprint density at radius 3 is 2.64 bits per heavy atom. The third-order valence-electron chi connectivity index (χ3n) is 6.31. The molecule has 2 heterocycles. The molecule has 0 atom stereocenters. The van der Waals surface area contributed by atoms with Crippen molar-refractivity contribution in [2.75, 3.05) is 34.2 Å². The van der Waals surface area contributed by atoms with E-state index in [1.54, 1.807) is 0 Å². The van der Waals surface area contributed by atoms with Crippen LogP contribution in [0.15, 0.2) is 23.0 Å². The van der Waals surface area contributed by atoms with E-state index in [-0.39, 0.29) is 0 Å². The van der Waals surface area contributed by atoms with Gasteiger partial charge in [0.05, 0.1) is 5.69 Å². The number of nitrogens with one attached hydrogen (secondary N) is 1. The zero-order valence-electron chi connectivity index (χ0n) is 19.4. The predicted octanol–water partition coefficient (Wildman–Crippen LogP) is 2.78. The van der Waals surface area contributed by atoms with Gasteiger partial charge in [-0.05, 0) is 64.2 Å². The first-order valence-electron chi connectivity index (χ1n) is 11.0. The molecule has 176 valence electrons. The number of aryl methyl sites for hydroxylation is 2. The molecule has 0 saturated carbocycles. The van der Waals surface area contributed by atoms with Crippen LogP contribution in [-0.4, -0.2) is 70.0 Å². The van der Waals surface area contributed by atoms with Crippen molar-refractivity contribution < 1.29 is 19.7 Å². The van der Waals surface area contributed by atoms with Gasteiger partial charge in [0.2, 0.25) is 5.75 Å². The lowest BCUT2D eigenvalue weighted by Crippen LogP contribution is -2.28. The van der Waals surface area contributed by atoms with Gasteiger partial charge < -0.3 is 29.4 Å². The van der Waals surface area contributed by atoms with Crippen LogP contribution in [0.2, 0.25) is 0 Å². The SMILES string of the molecule is CN(C)CCN(C)Cc1cc2cc3c(cc2n1C)CCCc1c-3[nH]c(=O)c(OC(=O)O)c1O. The first-order valence-corrected chi connectivity index (χ1v) is 11.0. The number of aromatic amines is 1. The van der Waals surface area contributed by atoms with Crippen LogP contribution < -0.4 is 10.3 Å². The van der Waals surface area contributed by atoms with Crippen LogP contribution in [-0.2, 0) is 26.4 Å². The van der Waals surface area contributed by atoms with Crippen LogP contribution in [0.1, 0.15) is 23.2 Å². The van der Waals surface area contributed by atoms with E-state index in [1.807, 2.05) is 6.07 Å². The molecule has 0 amide bonds. The van der Waals surface area contributed by atoms with E-state index in [1.165, 1.54) is 5.69 Å². The summed E-state index contributed by atoms with van der Waals surface area (Å²) in [6, 6.07) is 6.36. The molecule has 0 fully saturated rings. The topological polar surface area (TPSA) is 111 Å². The maximum Gasteiger partial charge on any atom is 0.511 e. The zero-order valence-corrected chi connectivity index (χ0v) is 19.4. The number of benzene rings is 1. The van der Waals surface area contributed by atoms with Gasteiger partial charge in [0, 0.05) is 54.4 Å². The molecule has 33 heavy (non-hydrogen) atoms. The lowest BCUT2D eigenvalue weighted by molar-refractivity contribution is 0.142. The Hall–Kier alpha value is -3.30. The molecule has 9 heteroatoms. The van der Waals surface area contributed by atoms with E-state index in [0.29, 0.717) is 17.7 Å². The van der Waals surface area contributed by atoms with E-state index >= 15 is 0 Å². The minimum Gasteiger partial charge on any atom is -0.504 e. The summed E-state index contributed by atoms with van der Waals surface area (Å²) >= 11 is 0.